The Kier molecular flexibility index (Phi) is 6.01. The fourth-order valence-corrected chi connectivity index (χ4v) is 4.99. The van der Waals surface area contributed by atoms with Crippen LogP contribution < -0.4 is 0 Å². The van der Waals surface area contributed by atoms with Crippen LogP contribution in [0, 0.1) is 0 Å². The number of hydrogen-bond donors (Lipinski definition) is 0. The van der Waals surface area contributed by atoms with Crippen LogP contribution >= 0.6 is 0 Å². The van der Waals surface area contributed by atoms with Crippen molar-refractivity contribution in [1.82, 2.24) is 14.4 Å². The van der Waals surface area contributed by atoms with E-state index in [9.17, 15) is 8.42 Å². The third-order valence-electron chi connectivity index (χ3n) is 5.01. The molecule has 1 aliphatic heterocycles. The molecule has 1 fully saturated rings. The normalized spacial score (nSPS) is 19.3. The molecule has 2 heterocycles. The summed E-state index contributed by atoms with van der Waals surface area (Å²) in [7, 11) is -3.43. The van der Waals surface area contributed by atoms with Gasteiger partial charge in [-0.25, -0.2) is 8.42 Å². The van der Waals surface area contributed by atoms with Gasteiger partial charge in [-0.2, -0.15) is 9.29 Å². The Hall–Kier alpha value is -1.73. The number of nitrogens with zero attached hydrogens (tertiary/aromatic N) is 3. The lowest BCUT2D eigenvalue weighted by Gasteiger charge is -2.36. The molecule has 6 nitrogen and oxygen atoms in total. The molecule has 0 aliphatic carbocycles. The highest BCUT2D eigenvalue weighted by molar-refractivity contribution is 7.90. The first-order valence-electron chi connectivity index (χ1n) is 9.67. The molecule has 2 aromatic rings. The van der Waals surface area contributed by atoms with E-state index in [4.69, 9.17) is 4.52 Å². The first-order chi connectivity index (χ1) is 12.8. The summed E-state index contributed by atoms with van der Waals surface area (Å²) in [5.74, 6) is 1.08. The molecule has 3 rings (SSSR count). The molecule has 1 aliphatic rings. The molecule has 1 saturated heterocycles. The van der Waals surface area contributed by atoms with Gasteiger partial charge in [0, 0.05) is 13.0 Å². The largest absolute Gasteiger partial charge is 0.338 e. The van der Waals surface area contributed by atoms with E-state index in [1.54, 1.807) is 25.1 Å². The molecule has 27 heavy (non-hydrogen) atoms. The van der Waals surface area contributed by atoms with Gasteiger partial charge in [-0.05, 0) is 52.0 Å². The van der Waals surface area contributed by atoms with Crippen LogP contribution in [0.4, 0.5) is 0 Å². The third kappa shape index (κ3) is 4.58. The van der Waals surface area contributed by atoms with E-state index >= 15 is 0 Å². The van der Waals surface area contributed by atoms with Gasteiger partial charge >= 0.3 is 0 Å². The number of piperidine rings is 1. The van der Waals surface area contributed by atoms with E-state index in [2.05, 4.69) is 22.3 Å². The van der Waals surface area contributed by atoms with Gasteiger partial charge in [0.15, 0.2) is 5.82 Å². The SMILES string of the molecule is CC(C)(C)S(=O)(=O)N1CCCCC1c1nc(CCCc2ccccc2)no1. The Labute approximate surface area is 162 Å². The van der Waals surface area contributed by atoms with Gasteiger partial charge in [0.05, 0.1) is 4.75 Å². The summed E-state index contributed by atoms with van der Waals surface area (Å²) in [6.07, 6.45) is 5.16. The fraction of sp³-hybridized carbons (Fsp3) is 0.600. The van der Waals surface area contributed by atoms with Gasteiger partial charge in [0.1, 0.15) is 6.04 Å². The summed E-state index contributed by atoms with van der Waals surface area (Å²) in [6.45, 7) is 5.71. The standard InChI is InChI=1S/C20H29N3O3S/c1-20(2,3)27(24,25)23-15-8-7-13-17(23)19-21-18(22-26-19)14-9-12-16-10-5-4-6-11-16/h4-6,10-11,17H,7-9,12-15H2,1-3H3. The Morgan fingerprint density at radius 1 is 1.15 bits per heavy atom. The molecule has 0 N–H and O–H groups in total. The molecule has 1 unspecified atom stereocenters. The minimum absolute atomic E-state index is 0.349. The molecule has 0 radical (unpaired) electrons. The average molecular weight is 392 g/mol. The molecular weight excluding hydrogens is 362 g/mol. The van der Waals surface area contributed by atoms with Crippen molar-refractivity contribution in [3.8, 4) is 0 Å². The summed E-state index contributed by atoms with van der Waals surface area (Å²) in [4.78, 5) is 4.53. The molecular formula is C20H29N3O3S. The maximum absolute atomic E-state index is 13.0. The summed E-state index contributed by atoms with van der Waals surface area (Å²) >= 11 is 0. The maximum Gasteiger partial charge on any atom is 0.245 e. The molecule has 0 spiro atoms. The predicted octanol–water partition coefficient (Wildman–Crippen LogP) is 3.90. The summed E-state index contributed by atoms with van der Waals surface area (Å²) < 4.78 is 32.1. The zero-order chi connectivity index (χ0) is 19.5. The second kappa shape index (κ2) is 8.10. The van der Waals surface area contributed by atoms with Crippen LogP contribution in [0.15, 0.2) is 34.9 Å². The van der Waals surface area contributed by atoms with Crippen LogP contribution in [-0.2, 0) is 22.9 Å². The molecule has 1 aromatic carbocycles. The minimum atomic E-state index is -3.43. The van der Waals surface area contributed by atoms with Crippen LogP contribution in [0.3, 0.4) is 0 Å². The van der Waals surface area contributed by atoms with Crippen LogP contribution in [0.25, 0.3) is 0 Å². The van der Waals surface area contributed by atoms with Gasteiger partial charge in [0.2, 0.25) is 15.9 Å². The molecule has 1 aromatic heterocycles. The van der Waals surface area contributed by atoms with E-state index < -0.39 is 14.8 Å². The van der Waals surface area contributed by atoms with Crippen LogP contribution in [0.1, 0.15) is 69.8 Å². The van der Waals surface area contributed by atoms with Crippen molar-refractivity contribution < 1.29 is 12.9 Å². The number of benzene rings is 1. The van der Waals surface area contributed by atoms with Gasteiger partial charge in [0.25, 0.3) is 0 Å². The maximum atomic E-state index is 13.0. The zero-order valence-corrected chi connectivity index (χ0v) is 17.2. The Balaban J connectivity index is 1.68. The minimum Gasteiger partial charge on any atom is -0.338 e. The molecule has 1 atom stereocenters. The van der Waals surface area contributed by atoms with E-state index in [1.807, 2.05) is 18.2 Å². The lowest BCUT2D eigenvalue weighted by molar-refractivity contribution is 0.201. The van der Waals surface area contributed by atoms with Crippen molar-refractivity contribution in [2.45, 2.75) is 70.1 Å². The monoisotopic (exact) mass is 391 g/mol. The van der Waals surface area contributed by atoms with Gasteiger partial charge in [-0.15, -0.1) is 0 Å². The van der Waals surface area contributed by atoms with Crippen LogP contribution in [0.5, 0.6) is 0 Å². The fourth-order valence-electron chi connectivity index (χ4n) is 3.39. The first-order valence-corrected chi connectivity index (χ1v) is 11.1. The molecule has 7 heteroatoms. The highest BCUT2D eigenvalue weighted by Gasteiger charge is 2.42. The smallest absolute Gasteiger partial charge is 0.245 e. The lowest BCUT2D eigenvalue weighted by Crippen LogP contribution is -2.46. The highest BCUT2D eigenvalue weighted by Crippen LogP contribution is 2.36. The Bertz CT molecular complexity index is 841. The number of hydrogen-bond acceptors (Lipinski definition) is 5. The number of sulfonamides is 1. The third-order valence-corrected chi connectivity index (χ3v) is 7.62. The molecule has 0 saturated carbocycles. The Morgan fingerprint density at radius 2 is 1.89 bits per heavy atom. The first kappa shape index (κ1) is 20.0. The average Bonchev–Trinajstić information content (AvgIpc) is 3.10. The quantitative estimate of drug-likeness (QED) is 0.746. The van der Waals surface area contributed by atoms with E-state index in [0.717, 1.165) is 38.5 Å². The van der Waals surface area contributed by atoms with Crippen molar-refractivity contribution in [1.29, 1.82) is 0 Å². The second-order valence-electron chi connectivity index (χ2n) is 8.13. The summed E-state index contributed by atoms with van der Waals surface area (Å²) in [5, 5.41) is 4.09. The van der Waals surface area contributed by atoms with Crippen LogP contribution in [0.2, 0.25) is 0 Å². The van der Waals surface area contributed by atoms with E-state index in [1.165, 1.54) is 5.56 Å². The van der Waals surface area contributed by atoms with Crippen molar-refractivity contribution >= 4 is 10.0 Å². The van der Waals surface area contributed by atoms with Gasteiger partial charge in [-0.3, -0.25) is 0 Å². The van der Waals surface area contributed by atoms with Crippen molar-refractivity contribution in [2.75, 3.05) is 6.54 Å². The van der Waals surface area contributed by atoms with E-state index in [-0.39, 0.29) is 6.04 Å². The summed E-state index contributed by atoms with van der Waals surface area (Å²) in [5.41, 5.74) is 1.29. The van der Waals surface area contributed by atoms with Gasteiger partial charge in [-0.1, -0.05) is 41.9 Å². The molecule has 148 valence electrons. The number of rotatable bonds is 6. The second-order valence-corrected chi connectivity index (χ2v) is 10.8. The number of aryl methyl sites for hydroxylation is 2. The molecule has 0 bridgehead atoms. The van der Waals surface area contributed by atoms with Crippen molar-refractivity contribution in [3.63, 3.8) is 0 Å². The van der Waals surface area contributed by atoms with E-state index in [0.29, 0.717) is 18.3 Å². The Morgan fingerprint density at radius 3 is 2.59 bits per heavy atom. The summed E-state index contributed by atoms with van der Waals surface area (Å²) in [6, 6.07) is 9.96. The van der Waals surface area contributed by atoms with Gasteiger partial charge < -0.3 is 4.52 Å². The number of aromatic nitrogens is 2. The highest BCUT2D eigenvalue weighted by atomic mass is 32.2. The lowest BCUT2D eigenvalue weighted by atomic mass is 10.1. The van der Waals surface area contributed by atoms with Crippen molar-refractivity contribution in [3.05, 3.63) is 47.6 Å². The predicted molar refractivity (Wildman–Crippen MR) is 105 cm³/mol. The zero-order valence-electron chi connectivity index (χ0n) is 16.4. The van der Waals surface area contributed by atoms with Crippen LogP contribution in [-0.4, -0.2) is 34.2 Å². The molecule has 0 amide bonds. The van der Waals surface area contributed by atoms with Crippen molar-refractivity contribution in [2.24, 2.45) is 0 Å². The topological polar surface area (TPSA) is 76.3 Å².